The van der Waals surface area contributed by atoms with E-state index >= 15 is 0 Å². The van der Waals surface area contributed by atoms with E-state index in [-0.39, 0.29) is 9.90 Å². The summed E-state index contributed by atoms with van der Waals surface area (Å²) in [6.45, 7) is 0. The quantitative estimate of drug-likeness (QED) is 0.766. The average molecular weight is 216 g/mol. The topological polar surface area (TPSA) is 26.0 Å². The fourth-order valence-corrected chi connectivity index (χ4v) is 1.88. The standard InChI is InChI=1S/C6H5ClF3NS/c7-3-1-2-12-4(3)5(11)6(8,9)10/h1-2,5H,11H2/t5-/m1/s1. The van der Waals surface area contributed by atoms with E-state index < -0.39 is 12.2 Å². The normalized spacial score (nSPS) is 14.8. The Balaban J connectivity index is 2.92. The van der Waals surface area contributed by atoms with Gasteiger partial charge in [-0.2, -0.15) is 13.2 Å². The summed E-state index contributed by atoms with van der Waals surface area (Å²) in [4.78, 5) is -0.0378. The van der Waals surface area contributed by atoms with Crippen LogP contribution in [-0.4, -0.2) is 6.18 Å². The molecule has 6 heteroatoms. The summed E-state index contributed by atoms with van der Waals surface area (Å²) >= 11 is 6.38. The summed E-state index contributed by atoms with van der Waals surface area (Å²) in [5.74, 6) is 0. The highest BCUT2D eigenvalue weighted by molar-refractivity contribution is 7.10. The van der Waals surface area contributed by atoms with Gasteiger partial charge in [0.2, 0.25) is 0 Å². The third kappa shape index (κ3) is 1.91. The van der Waals surface area contributed by atoms with Crippen molar-refractivity contribution in [1.29, 1.82) is 0 Å². The molecule has 1 nitrogen and oxygen atoms in total. The van der Waals surface area contributed by atoms with Crippen LogP contribution < -0.4 is 5.73 Å². The molecule has 1 aromatic rings. The van der Waals surface area contributed by atoms with Crippen molar-refractivity contribution in [3.8, 4) is 0 Å². The van der Waals surface area contributed by atoms with Crippen LogP contribution in [0.3, 0.4) is 0 Å². The van der Waals surface area contributed by atoms with Crippen molar-refractivity contribution in [3.05, 3.63) is 21.3 Å². The molecule has 0 saturated heterocycles. The van der Waals surface area contributed by atoms with Gasteiger partial charge in [0.1, 0.15) is 6.04 Å². The Morgan fingerprint density at radius 2 is 2.08 bits per heavy atom. The minimum atomic E-state index is -4.42. The molecule has 0 bridgehead atoms. The highest BCUT2D eigenvalue weighted by Crippen LogP contribution is 2.36. The van der Waals surface area contributed by atoms with Crippen molar-refractivity contribution in [2.75, 3.05) is 0 Å². The van der Waals surface area contributed by atoms with Crippen molar-refractivity contribution in [2.24, 2.45) is 5.73 Å². The lowest BCUT2D eigenvalue weighted by molar-refractivity contribution is -0.148. The van der Waals surface area contributed by atoms with E-state index in [2.05, 4.69) is 0 Å². The van der Waals surface area contributed by atoms with E-state index in [1.54, 1.807) is 0 Å². The maximum absolute atomic E-state index is 12.0. The van der Waals surface area contributed by atoms with Crippen LogP contribution in [0.4, 0.5) is 13.2 Å². The molecule has 0 saturated carbocycles. The smallest absolute Gasteiger partial charge is 0.316 e. The van der Waals surface area contributed by atoms with Crippen molar-refractivity contribution in [1.82, 2.24) is 0 Å². The molecule has 0 aromatic carbocycles. The van der Waals surface area contributed by atoms with Crippen LogP contribution in [0.2, 0.25) is 5.02 Å². The maximum atomic E-state index is 12.0. The van der Waals surface area contributed by atoms with Crippen LogP contribution in [0.5, 0.6) is 0 Å². The SMILES string of the molecule is N[C@H](c1sccc1Cl)C(F)(F)F. The predicted octanol–water partition coefficient (Wildman–Crippen LogP) is 2.96. The number of nitrogens with two attached hydrogens (primary N) is 1. The van der Waals surface area contributed by atoms with Crippen molar-refractivity contribution >= 4 is 22.9 Å². The summed E-state index contributed by atoms with van der Waals surface area (Å²) in [5, 5.41) is 1.55. The molecule has 1 rings (SSSR count). The Kier molecular flexibility index (Phi) is 2.65. The van der Waals surface area contributed by atoms with Gasteiger partial charge in [-0.05, 0) is 11.4 Å². The first-order chi connectivity index (χ1) is 5.43. The summed E-state index contributed by atoms with van der Waals surface area (Å²) in [5.41, 5.74) is 4.92. The first-order valence-electron chi connectivity index (χ1n) is 2.98. The monoisotopic (exact) mass is 215 g/mol. The minimum absolute atomic E-state index is 0.0378. The Labute approximate surface area is 75.9 Å². The Morgan fingerprint density at radius 1 is 1.50 bits per heavy atom. The molecule has 0 aliphatic carbocycles. The Morgan fingerprint density at radius 3 is 2.42 bits per heavy atom. The molecule has 0 aliphatic heterocycles. The summed E-state index contributed by atoms with van der Waals surface area (Å²) in [6.07, 6.45) is -4.42. The molecule has 2 N–H and O–H groups in total. The second kappa shape index (κ2) is 3.24. The highest BCUT2D eigenvalue weighted by atomic mass is 35.5. The molecular weight excluding hydrogens is 211 g/mol. The third-order valence-electron chi connectivity index (χ3n) is 1.28. The third-order valence-corrected chi connectivity index (χ3v) is 2.72. The first kappa shape index (κ1) is 9.83. The van der Waals surface area contributed by atoms with E-state index in [9.17, 15) is 13.2 Å². The van der Waals surface area contributed by atoms with E-state index in [1.807, 2.05) is 0 Å². The summed E-state index contributed by atoms with van der Waals surface area (Å²) in [7, 11) is 0. The number of thiophene rings is 1. The zero-order valence-electron chi connectivity index (χ0n) is 5.73. The lowest BCUT2D eigenvalue weighted by atomic mass is 10.2. The minimum Gasteiger partial charge on any atom is -0.316 e. The predicted molar refractivity (Wildman–Crippen MR) is 42.3 cm³/mol. The van der Waals surface area contributed by atoms with Crippen LogP contribution in [-0.2, 0) is 0 Å². The van der Waals surface area contributed by atoms with E-state index in [0.29, 0.717) is 0 Å². The van der Waals surface area contributed by atoms with Gasteiger partial charge in [-0.1, -0.05) is 11.6 Å². The molecule has 0 fully saturated rings. The molecule has 0 unspecified atom stereocenters. The van der Waals surface area contributed by atoms with Crippen molar-refractivity contribution in [3.63, 3.8) is 0 Å². The van der Waals surface area contributed by atoms with Crippen LogP contribution in [0.25, 0.3) is 0 Å². The molecule has 12 heavy (non-hydrogen) atoms. The lowest BCUT2D eigenvalue weighted by Gasteiger charge is -2.13. The van der Waals surface area contributed by atoms with Gasteiger partial charge in [0.05, 0.1) is 5.02 Å². The number of hydrogen-bond donors (Lipinski definition) is 1. The van der Waals surface area contributed by atoms with Gasteiger partial charge in [0.25, 0.3) is 0 Å². The van der Waals surface area contributed by atoms with Crippen LogP contribution in [0.1, 0.15) is 10.9 Å². The van der Waals surface area contributed by atoms with Crippen LogP contribution >= 0.6 is 22.9 Å². The summed E-state index contributed by atoms with van der Waals surface area (Å²) < 4.78 is 36.0. The lowest BCUT2D eigenvalue weighted by Crippen LogP contribution is -2.27. The second-order valence-electron chi connectivity index (χ2n) is 2.15. The van der Waals surface area contributed by atoms with Crippen molar-refractivity contribution < 1.29 is 13.2 Å². The van der Waals surface area contributed by atoms with Gasteiger partial charge < -0.3 is 5.73 Å². The molecule has 0 aliphatic rings. The molecule has 0 radical (unpaired) electrons. The number of halogens is 4. The van der Waals surface area contributed by atoms with Gasteiger partial charge in [0, 0.05) is 4.88 Å². The summed E-state index contributed by atoms with van der Waals surface area (Å²) in [6, 6.07) is -0.572. The second-order valence-corrected chi connectivity index (χ2v) is 3.51. The van der Waals surface area contributed by atoms with Crippen LogP contribution in [0, 0.1) is 0 Å². The van der Waals surface area contributed by atoms with E-state index in [1.165, 1.54) is 11.4 Å². The maximum Gasteiger partial charge on any atom is 0.408 e. The largest absolute Gasteiger partial charge is 0.408 e. The van der Waals surface area contributed by atoms with Crippen molar-refractivity contribution in [2.45, 2.75) is 12.2 Å². The van der Waals surface area contributed by atoms with Gasteiger partial charge in [-0.25, -0.2) is 0 Å². The molecule has 0 amide bonds. The van der Waals surface area contributed by atoms with Gasteiger partial charge in [-0.15, -0.1) is 11.3 Å². The Bertz CT molecular complexity index is 270. The van der Waals surface area contributed by atoms with Gasteiger partial charge >= 0.3 is 6.18 Å². The number of rotatable bonds is 1. The molecule has 1 heterocycles. The molecular formula is C6H5ClF3NS. The average Bonchev–Trinajstić information content (AvgIpc) is 2.31. The van der Waals surface area contributed by atoms with E-state index in [0.717, 1.165) is 11.3 Å². The molecule has 68 valence electrons. The zero-order valence-corrected chi connectivity index (χ0v) is 7.30. The first-order valence-corrected chi connectivity index (χ1v) is 4.24. The van der Waals surface area contributed by atoms with Crippen LogP contribution in [0.15, 0.2) is 11.4 Å². The number of hydrogen-bond acceptors (Lipinski definition) is 2. The fourth-order valence-electron chi connectivity index (χ4n) is 0.676. The Hall–Kier alpha value is -0.260. The molecule has 1 atom stereocenters. The fraction of sp³-hybridized carbons (Fsp3) is 0.333. The molecule has 1 aromatic heterocycles. The molecule has 0 spiro atoms. The van der Waals surface area contributed by atoms with Gasteiger partial charge in [-0.3, -0.25) is 0 Å². The van der Waals surface area contributed by atoms with Gasteiger partial charge in [0.15, 0.2) is 0 Å². The zero-order chi connectivity index (χ0) is 9.35. The highest BCUT2D eigenvalue weighted by Gasteiger charge is 2.39. The van der Waals surface area contributed by atoms with E-state index in [4.69, 9.17) is 17.3 Å². The number of alkyl halides is 3.